The van der Waals surface area contributed by atoms with Gasteiger partial charge in [0.15, 0.2) is 5.65 Å². The molecule has 0 amide bonds. The summed E-state index contributed by atoms with van der Waals surface area (Å²) >= 11 is 0. The number of esters is 1. The van der Waals surface area contributed by atoms with E-state index < -0.39 is 5.97 Å². The van der Waals surface area contributed by atoms with Crippen LogP contribution in [0, 0.1) is 12.7 Å². The molecule has 36 heavy (non-hydrogen) atoms. The first kappa shape index (κ1) is 23.2. The molecule has 0 aliphatic carbocycles. The van der Waals surface area contributed by atoms with E-state index >= 15 is 0 Å². The fourth-order valence-corrected chi connectivity index (χ4v) is 4.06. The van der Waals surface area contributed by atoms with Crippen LogP contribution < -0.4 is 4.74 Å². The Labute approximate surface area is 207 Å². The van der Waals surface area contributed by atoms with Crippen LogP contribution in [0.25, 0.3) is 22.3 Å². The molecular formula is C29H24FN3O3. The predicted octanol–water partition coefficient (Wildman–Crippen LogP) is 6.56. The highest BCUT2D eigenvalue weighted by Gasteiger charge is 2.21. The fourth-order valence-electron chi connectivity index (χ4n) is 4.06. The fraction of sp³-hybridized carbons (Fsp3) is 0.138. The Bertz CT molecular complexity index is 1510. The summed E-state index contributed by atoms with van der Waals surface area (Å²) in [5, 5.41) is 5.32. The van der Waals surface area contributed by atoms with Crippen molar-refractivity contribution in [2.75, 3.05) is 6.61 Å². The average Bonchev–Trinajstić information content (AvgIpc) is 3.20. The average molecular weight is 482 g/mol. The SMILES string of the molecule is CCOC(=O)c1cc(-c2ccc(F)cc2)nc2c1c(C)nn2Cc1ccc(Oc2ccccc2)cc1. The third-order valence-corrected chi connectivity index (χ3v) is 5.75. The van der Waals surface area contributed by atoms with Crippen LogP contribution in [0.3, 0.4) is 0 Å². The summed E-state index contributed by atoms with van der Waals surface area (Å²) in [7, 11) is 0. The van der Waals surface area contributed by atoms with Crippen LogP contribution >= 0.6 is 0 Å². The number of hydrogen-bond donors (Lipinski definition) is 0. The lowest BCUT2D eigenvalue weighted by Gasteiger charge is -2.10. The van der Waals surface area contributed by atoms with Crippen molar-refractivity contribution in [1.82, 2.24) is 14.8 Å². The third kappa shape index (κ3) is 4.81. The maximum absolute atomic E-state index is 13.5. The van der Waals surface area contributed by atoms with E-state index in [1.165, 1.54) is 12.1 Å². The van der Waals surface area contributed by atoms with Crippen LogP contribution in [0.5, 0.6) is 11.5 Å². The molecule has 0 spiro atoms. The largest absolute Gasteiger partial charge is 0.462 e. The maximum atomic E-state index is 13.5. The summed E-state index contributed by atoms with van der Waals surface area (Å²) in [4.78, 5) is 17.7. The smallest absolute Gasteiger partial charge is 0.339 e. The number of para-hydroxylation sites is 1. The van der Waals surface area contributed by atoms with Crippen molar-refractivity contribution in [1.29, 1.82) is 0 Å². The van der Waals surface area contributed by atoms with Gasteiger partial charge in [0.25, 0.3) is 0 Å². The molecule has 0 saturated heterocycles. The molecule has 2 aromatic heterocycles. The minimum Gasteiger partial charge on any atom is -0.462 e. The number of aryl methyl sites for hydroxylation is 1. The summed E-state index contributed by atoms with van der Waals surface area (Å²) in [6.45, 7) is 4.30. The molecule has 0 aliphatic heterocycles. The Balaban J connectivity index is 1.52. The monoisotopic (exact) mass is 481 g/mol. The number of aromatic nitrogens is 3. The summed E-state index contributed by atoms with van der Waals surface area (Å²) in [5.41, 5.74) is 3.84. The molecule has 0 fully saturated rings. The van der Waals surface area contributed by atoms with Gasteiger partial charge in [-0.2, -0.15) is 5.10 Å². The van der Waals surface area contributed by atoms with E-state index in [1.807, 2.05) is 61.5 Å². The van der Waals surface area contributed by atoms with Crippen LogP contribution in [0.4, 0.5) is 4.39 Å². The standard InChI is InChI=1S/C29H24FN3O3/c1-3-35-29(34)25-17-26(21-11-13-22(30)14-12-21)31-28-27(25)19(2)32-33(28)18-20-9-15-24(16-10-20)36-23-7-5-4-6-8-23/h4-17H,3,18H2,1-2H3. The maximum Gasteiger partial charge on any atom is 0.339 e. The van der Waals surface area contributed by atoms with Gasteiger partial charge in [-0.3, -0.25) is 0 Å². The molecule has 0 saturated carbocycles. The molecule has 5 aromatic rings. The molecule has 0 radical (unpaired) electrons. The van der Waals surface area contributed by atoms with E-state index in [0.717, 1.165) is 17.1 Å². The normalized spacial score (nSPS) is 11.0. The molecule has 0 atom stereocenters. The van der Waals surface area contributed by atoms with E-state index in [-0.39, 0.29) is 12.4 Å². The molecule has 7 heteroatoms. The van der Waals surface area contributed by atoms with Crippen molar-refractivity contribution in [2.24, 2.45) is 0 Å². The number of carbonyl (C=O) groups excluding carboxylic acids is 1. The molecule has 0 unspecified atom stereocenters. The third-order valence-electron chi connectivity index (χ3n) is 5.75. The number of hydrogen-bond acceptors (Lipinski definition) is 5. The van der Waals surface area contributed by atoms with Crippen LogP contribution in [0.1, 0.15) is 28.5 Å². The lowest BCUT2D eigenvalue weighted by Crippen LogP contribution is -2.08. The number of fused-ring (bicyclic) bond motifs is 1. The molecule has 0 bridgehead atoms. The zero-order valence-corrected chi connectivity index (χ0v) is 19.9. The summed E-state index contributed by atoms with van der Waals surface area (Å²) in [6, 6.07) is 25.0. The molecular weight excluding hydrogens is 457 g/mol. The van der Waals surface area contributed by atoms with Crippen molar-refractivity contribution < 1.29 is 18.7 Å². The Morgan fingerprint density at radius 3 is 2.33 bits per heavy atom. The van der Waals surface area contributed by atoms with Gasteiger partial charge in [0.1, 0.15) is 17.3 Å². The molecule has 0 aliphatic rings. The number of halogens is 1. The zero-order valence-electron chi connectivity index (χ0n) is 19.9. The number of carbonyl (C=O) groups is 1. The number of ether oxygens (including phenoxy) is 2. The highest BCUT2D eigenvalue weighted by atomic mass is 19.1. The number of nitrogens with zero attached hydrogens (tertiary/aromatic N) is 3. The van der Waals surface area contributed by atoms with E-state index in [2.05, 4.69) is 5.10 Å². The van der Waals surface area contributed by atoms with Crippen molar-refractivity contribution in [3.63, 3.8) is 0 Å². The molecule has 0 N–H and O–H groups in total. The number of pyridine rings is 1. The second kappa shape index (κ2) is 10.00. The Kier molecular flexibility index (Phi) is 6.45. The van der Waals surface area contributed by atoms with E-state index in [0.29, 0.717) is 40.1 Å². The topological polar surface area (TPSA) is 66.2 Å². The van der Waals surface area contributed by atoms with Gasteiger partial charge in [-0.15, -0.1) is 0 Å². The lowest BCUT2D eigenvalue weighted by molar-refractivity contribution is 0.0528. The first-order valence-corrected chi connectivity index (χ1v) is 11.6. The van der Waals surface area contributed by atoms with Gasteiger partial charge in [0.05, 0.1) is 35.5 Å². The molecule has 2 heterocycles. The van der Waals surface area contributed by atoms with Crippen LogP contribution in [-0.2, 0) is 11.3 Å². The van der Waals surface area contributed by atoms with E-state index in [9.17, 15) is 9.18 Å². The Hall–Kier alpha value is -4.52. The van der Waals surface area contributed by atoms with Gasteiger partial charge >= 0.3 is 5.97 Å². The Morgan fingerprint density at radius 2 is 1.64 bits per heavy atom. The molecule has 180 valence electrons. The highest BCUT2D eigenvalue weighted by Crippen LogP contribution is 2.29. The molecule has 6 nitrogen and oxygen atoms in total. The van der Waals surface area contributed by atoms with Crippen molar-refractivity contribution >= 4 is 17.0 Å². The first-order chi connectivity index (χ1) is 17.5. The quantitative estimate of drug-likeness (QED) is 0.246. The van der Waals surface area contributed by atoms with Gasteiger partial charge in [0, 0.05) is 5.56 Å². The highest BCUT2D eigenvalue weighted by molar-refractivity contribution is 6.05. The van der Waals surface area contributed by atoms with Crippen LogP contribution in [-0.4, -0.2) is 27.3 Å². The van der Waals surface area contributed by atoms with Crippen molar-refractivity contribution in [3.05, 3.63) is 108 Å². The zero-order chi connectivity index (χ0) is 25.1. The van der Waals surface area contributed by atoms with Gasteiger partial charge in [-0.1, -0.05) is 30.3 Å². The second-order valence-electron chi connectivity index (χ2n) is 8.28. The molecule has 3 aromatic carbocycles. The predicted molar refractivity (Wildman–Crippen MR) is 136 cm³/mol. The van der Waals surface area contributed by atoms with E-state index in [4.69, 9.17) is 14.5 Å². The number of benzene rings is 3. The lowest BCUT2D eigenvalue weighted by atomic mass is 10.1. The second-order valence-corrected chi connectivity index (χ2v) is 8.28. The van der Waals surface area contributed by atoms with Gasteiger partial charge in [-0.25, -0.2) is 18.9 Å². The summed E-state index contributed by atoms with van der Waals surface area (Å²) < 4.78 is 26.5. The van der Waals surface area contributed by atoms with Crippen LogP contribution in [0.15, 0.2) is 84.9 Å². The van der Waals surface area contributed by atoms with Crippen LogP contribution in [0.2, 0.25) is 0 Å². The van der Waals surface area contributed by atoms with Gasteiger partial charge < -0.3 is 9.47 Å². The van der Waals surface area contributed by atoms with Gasteiger partial charge in [0.2, 0.25) is 0 Å². The Morgan fingerprint density at radius 1 is 0.944 bits per heavy atom. The summed E-state index contributed by atoms with van der Waals surface area (Å²) in [6.07, 6.45) is 0. The van der Waals surface area contributed by atoms with Gasteiger partial charge in [-0.05, 0) is 74.0 Å². The minimum atomic E-state index is -0.446. The first-order valence-electron chi connectivity index (χ1n) is 11.6. The number of rotatable bonds is 7. The summed E-state index contributed by atoms with van der Waals surface area (Å²) in [5.74, 6) is 0.708. The van der Waals surface area contributed by atoms with Crippen molar-refractivity contribution in [2.45, 2.75) is 20.4 Å². The minimum absolute atomic E-state index is 0.249. The van der Waals surface area contributed by atoms with E-state index in [1.54, 1.807) is 29.8 Å². The molecule has 5 rings (SSSR count). The van der Waals surface area contributed by atoms with Crippen molar-refractivity contribution in [3.8, 4) is 22.8 Å².